The maximum absolute atomic E-state index is 13.3. The number of hydrogen-bond acceptors (Lipinski definition) is 8. The summed E-state index contributed by atoms with van der Waals surface area (Å²) >= 11 is 0. The summed E-state index contributed by atoms with van der Waals surface area (Å²) in [6.07, 6.45) is 2.65. The number of ether oxygens (including phenoxy) is 6. The fourth-order valence-corrected chi connectivity index (χ4v) is 4.89. The van der Waals surface area contributed by atoms with E-state index in [-0.39, 0.29) is 30.9 Å². The van der Waals surface area contributed by atoms with Gasteiger partial charge in [-0.1, -0.05) is 26.0 Å². The molecule has 5 rings (SSSR count). The van der Waals surface area contributed by atoms with Crippen LogP contribution in [0, 0.1) is 0 Å². The number of hydrogen-bond donors (Lipinski definition) is 0. The molecule has 0 N–H and O–H groups in total. The van der Waals surface area contributed by atoms with E-state index in [9.17, 15) is 22.8 Å². The average molecular weight is 648 g/mol. The molecule has 2 aromatic rings. The lowest BCUT2D eigenvalue weighted by Crippen LogP contribution is -2.34. The van der Waals surface area contributed by atoms with Gasteiger partial charge in [0.2, 0.25) is 0 Å². The summed E-state index contributed by atoms with van der Waals surface area (Å²) in [7, 11) is 3.10. The van der Waals surface area contributed by atoms with Gasteiger partial charge in [0.25, 0.3) is 5.91 Å². The van der Waals surface area contributed by atoms with Gasteiger partial charge in [-0.2, -0.15) is 0 Å². The highest BCUT2D eigenvalue weighted by atomic mass is 19.4. The van der Waals surface area contributed by atoms with Crippen molar-refractivity contribution in [2.75, 3.05) is 38.9 Å². The molecular weight excluding hydrogens is 607 g/mol. The minimum absolute atomic E-state index is 0.0206. The summed E-state index contributed by atoms with van der Waals surface area (Å²) in [6.45, 7) is 7.38. The van der Waals surface area contributed by atoms with Crippen LogP contribution in [0.4, 0.5) is 18.9 Å². The number of methoxy groups -OCH3 is 2. The third-order valence-electron chi connectivity index (χ3n) is 6.85. The zero-order valence-electron chi connectivity index (χ0n) is 26.8. The number of alkyl halides is 3. The molecule has 0 bridgehead atoms. The largest absolute Gasteiger partial charge is 0.573 e. The van der Waals surface area contributed by atoms with Crippen molar-refractivity contribution in [3.8, 4) is 11.5 Å². The molecular formula is C34H40F3NO8. The average Bonchev–Trinajstić information content (AvgIpc) is 3.89. The lowest BCUT2D eigenvalue weighted by Gasteiger charge is -2.26. The molecule has 12 heteroatoms. The fraction of sp³-hybridized carbons (Fsp3) is 0.412. The van der Waals surface area contributed by atoms with Crippen molar-refractivity contribution < 1.29 is 51.2 Å². The van der Waals surface area contributed by atoms with Gasteiger partial charge < -0.3 is 33.3 Å². The Kier molecular flexibility index (Phi) is 13.1. The smallest absolute Gasteiger partial charge is 0.497 e. The first-order valence-corrected chi connectivity index (χ1v) is 14.9. The molecule has 2 aromatic carbocycles. The molecule has 0 saturated heterocycles. The second-order valence-corrected chi connectivity index (χ2v) is 9.93. The number of allylic oxidation sites excluding steroid dienone is 3. The number of benzene rings is 2. The zero-order valence-corrected chi connectivity index (χ0v) is 26.8. The molecule has 46 heavy (non-hydrogen) atoms. The van der Waals surface area contributed by atoms with Crippen molar-refractivity contribution in [3.05, 3.63) is 89.1 Å². The number of fused-ring (bicyclic) bond motifs is 1. The van der Waals surface area contributed by atoms with Gasteiger partial charge in [-0.25, -0.2) is 0 Å². The molecule has 1 unspecified atom stereocenters. The summed E-state index contributed by atoms with van der Waals surface area (Å²) in [4.78, 5) is 24.6. The van der Waals surface area contributed by atoms with Crippen LogP contribution >= 0.6 is 0 Å². The molecule has 0 spiro atoms. The van der Waals surface area contributed by atoms with Crippen molar-refractivity contribution in [3.63, 3.8) is 0 Å². The molecule has 1 fully saturated rings. The van der Waals surface area contributed by atoms with Crippen LogP contribution in [0.1, 0.15) is 69.2 Å². The van der Waals surface area contributed by atoms with Crippen molar-refractivity contribution in [2.45, 2.75) is 58.9 Å². The SMILES string of the molecule is CC.CCOC(C)=O.COC1=CC=C(CN2C(=O)COC(c3cccc(OC)c3C3CC3)c3cc(OC(F)(F)F)ccc32)OC=C1. The first kappa shape index (κ1) is 36.0. The lowest BCUT2D eigenvalue weighted by molar-refractivity contribution is -0.274. The van der Waals surface area contributed by atoms with E-state index < -0.39 is 18.2 Å². The number of carbonyl (C=O) groups is 2. The molecule has 3 aliphatic rings. The molecule has 0 aromatic heterocycles. The normalized spacial score (nSPS) is 17.2. The second kappa shape index (κ2) is 16.7. The van der Waals surface area contributed by atoms with E-state index in [1.165, 1.54) is 43.4 Å². The first-order chi connectivity index (χ1) is 22.0. The molecule has 9 nitrogen and oxygen atoms in total. The minimum Gasteiger partial charge on any atom is -0.497 e. The number of carbonyl (C=O) groups excluding carboxylic acids is 2. The Morgan fingerprint density at radius 3 is 2.37 bits per heavy atom. The predicted molar refractivity (Wildman–Crippen MR) is 165 cm³/mol. The van der Waals surface area contributed by atoms with Crippen molar-refractivity contribution >= 4 is 17.6 Å². The van der Waals surface area contributed by atoms with Crippen LogP contribution in [0.2, 0.25) is 0 Å². The number of nitrogens with zero attached hydrogens (tertiary/aromatic N) is 1. The minimum atomic E-state index is -4.88. The second-order valence-electron chi connectivity index (χ2n) is 9.93. The number of rotatable bonds is 8. The maximum atomic E-state index is 13.3. The highest BCUT2D eigenvalue weighted by Gasteiger charge is 2.37. The van der Waals surface area contributed by atoms with Gasteiger partial charge >= 0.3 is 12.3 Å². The van der Waals surface area contributed by atoms with Crippen molar-refractivity contribution in [1.82, 2.24) is 0 Å². The zero-order chi connectivity index (χ0) is 33.9. The monoisotopic (exact) mass is 647 g/mol. The standard InChI is InChI=1S/C28H26F3NO6.C4H8O2.C2H6/c1-34-18-8-9-20(36-13-12-18)15-32-23-11-10-19(38-28(29,30)31)14-22(23)27(37-16-25(32)33)21-4-3-5-24(35-2)26(21)17-6-7-17;1-3-6-4(2)5;1-2/h3-5,8-14,17,27H,6-7,15-16H2,1-2H3;3H2,1-2H3;1-2H3. The van der Waals surface area contributed by atoms with Gasteiger partial charge in [-0.3, -0.25) is 9.59 Å². The molecule has 1 amide bonds. The molecule has 250 valence electrons. The molecule has 1 aliphatic carbocycles. The van der Waals surface area contributed by atoms with Crippen molar-refractivity contribution in [1.29, 1.82) is 0 Å². The van der Waals surface area contributed by atoms with Gasteiger partial charge in [-0.15, -0.1) is 13.2 Å². The molecule has 1 atom stereocenters. The van der Waals surface area contributed by atoms with E-state index in [1.54, 1.807) is 38.3 Å². The van der Waals surface area contributed by atoms with Crippen LogP contribution in [-0.2, 0) is 28.5 Å². The Bertz CT molecular complexity index is 1450. The predicted octanol–water partition coefficient (Wildman–Crippen LogP) is 7.48. The number of halogens is 3. The van der Waals surface area contributed by atoms with Gasteiger partial charge in [0.1, 0.15) is 35.7 Å². The topological polar surface area (TPSA) is 92.8 Å². The highest BCUT2D eigenvalue weighted by Crippen LogP contribution is 2.50. The van der Waals surface area contributed by atoms with Crippen LogP contribution in [0.5, 0.6) is 11.5 Å². The Balaban J connectivity index is 0.000000648. The fourth-order valence-electron chi connectivity index (χ4n) is 4.89. The van der Waals surface area contributed by atoms with Crippen LogP contribution < -0.4 is 14.4 Å². The summed E-state index contributed by atoms with van der Waals surface area (Å²) < 4.78 is 70.6. The van der Waals surface area contributed by atoms with E-state index >= 15 is 0 Å². The lowest BCUT2D eigenvalue weighted by atomic mass is 9.92. The van der Waals surface area contributed by atoms with E-state index in [0.29, 0.717) is 35.1 Å². The van der Waals surface area contributed by atoms with Crippen molar-refractivity contribution in [2.24, 2.45) is 0 Å². The highest BCUT2D eigenvalue weighted by molar-refractivity contribution is 5.96. The number of anilines is 1. The Morgan fingerprint density at radius 2 is 1.78 bits per heavy atom. The van der Waals surface area contributed by atoms with Gasteiger partial charge in [0.15, 0.2) is 0 Å². The first-order valence-electron chi connectivity index (χ1n) is 14.9. The third-order valence-corrected chi connectivity index (χ3v) is 6.85. The quantitative estimate of drug-likeness (QED) is 0.273. The van der Waals surface area contributed by atoms with E-state index in [0.717, 1.165) is 24.0 Å². The Labute approximate surface area is 267 Å². The maximum Gasteiger partial charge on any atom is 0.573 e. The van der Waals surface area contributed by atoms with Crippen LogP contribution in [0.3, 0.4) is 0 Å². The van der Waals surface area contributed by atoms with E-state index in [1.807, 2.05) is 26.0 Å². The van der Waals surface area contributed by atoms with Gasteiger partial charge in [0, 0.05) is 24.1 Å². The third kappa shape index (κ3) is 9.77. The van der Waals surface area contributed by atoms with Gasteiger partial charge in [-0.05, 0) is 67.7 Å². The molecule has 1 saturated carbocycles. The van der Waals surface area contributed by atoms with Crippen LogP contribution in [-0.4, -0.2) is 52.2 Å². The Morgan fingerprint density at radius 1 is 1.04 bits per heavy atom. The van der Waals surface area contributed by atoms with Crippen LogP contribution in [0.25, 0.3) is 0 Å². The van der Waals surface area contributed by atoms with E-state index in [2.05, 4.69) is 9.47 Å². The summed E-state index contributed by atoms with van der Waals surface area (Å²) in [5, 5.41) is 0. The summed E-state index contributed by atoms with van der Waals surface area (Å²) in [6, 6.07) is 9.42. The Hall–Kier alpha value is -4.45. The van der Waals surface area contributed by atoms with E-state index in [4.69, 9.17) is 18.9 Å². The summed E-state index contributed by atoms with van der Waals surface area (Å²) in [5.74, 6) is 0.925. The molecule has 2 aliphatic heterocycles. The van der Waals surface area contributed by atoms with Crippen LogP contribution in [0.15, 0.2) is 72.4 Å². The number of esters is 1. The van der Waals surface area contributed by atoms with Gasteiger partial charge in [0.05, 0.1) is 39.3 Å². The summed E-state index contributed by atoms with van der Waals surface area (Å²) in [5.41, 5.74) is 2.44. The number of amides is 1. The molecule has 2 heterocycles. The molecule has 0 radical (unpaired) electrons.